The van der Waals surface area contributed by atoms with E-state index in [1.54, 1.807) is 4.90 Å². The first-order chi connectivity index (χ1) is 16.5. The van der Waals surface area contributed by atoms with E-state index in [2.05, 4.69) is 6.92 Å². The molecule has 0 aliphatic carbocycles. The zero-order valence-electron chi connectivity index (χ0n) is 19.6. The molecule has 5 nitrogen and oxygen atoms in total. The number of ether oxygens (including phenoxy) is 1. The molecule has 34 heavy (non-hydrogen) atoms. The Kier molecular flexibility index (Phi) is 5.70. The van der Waals surface area contributed by atoms with Crippen molar-refractivity contribution in [1.82, 2.24) is 4.90 Å². The average molecular weight is 454 g/mol. The van der Waals surface area contributed by atoms with Crippen LogP contribution in [0.25, 0.3) is 11.0 Å². The minimum atomic E-state index is -0.538. The Balaban J connectivity index is 1.68. The molecule has 0 radical (unpaired) electrons. The van der Waals surface area contributed by atoms with Gasteiger partial charge in [-0.3, -0.25) is 9.59 Å². The van der Waals surface area contributed by atoms with Gasteiger partial charge in [-0.15, -0.1) is 0 Å². The van der Waals surface area contributed by atoms with E-state index in [1.165, 1.54) is 0 Å². The van der Waals surface area contributed by atoms with E-state index < -0.39 is 6.04 Å². The third kappa shape index (κ3) is 3.77. The predicted octanol–water partition coefficient (Wildman–Crippen LogP) is 5.94. The Morgan fingerprint density at radius 1 is 0.971 bits per heavy atom. The lowest BCUT2D eigenvalue weighted by Gasteiger charge is -2.25. The summed E-state index contributed by atoms with van der Waals surface area (Å²) < 4.78 is 11.9. The van der Waals surface area contributed by atoms with Crippen molar-refractivity contribution in [2.45, 2.75) is 39.8 Å². The van der Waals surface area contributed by atoms with Gasteiger partial charge in [0, 0.05) is 6.54 Å². The molecule has 3 aromatic carbocycles. The molecule has 172 valence electrons. The van der Waals surface area contributed by atoms with E-state index in [9.17, 15) is 9.59 Å². The summed E-state index contributed by atoms with van der Waals surface area (Å²) in [6.07, 6.45) is 0.921. The standard InChI is InChI=1S/C29H27NO4/c1-4-14-33-22-12-10-21(11-13-22)25-24-26(31)23-16-18(2)15-19(3)27(23)34-28(24)29(32)30(25)17-20-8-6-5-7-9-20/h5-13,15-16,25H,4,14,17H2,1-3H3. The van der Waals surface area contributed by atoms with Gasteiger partial charge in [-0.25, -0.2) is 0 Å². The van der Waals surface area contributed by atoms with Gasteiger partial charge in [0.25, 0.3) is 5.91 Å². The summed E-state index contributed by atoms with van der Waals surface area (Å²) in [5.41, 5.74) is 4.40. The molecule has 0 bridgehead atoms. The van der Waals surface area contributed by atoms with Crippen LogP contribution in [-0.4, -0.2) is 17.4 Å². The fourth-order valence-electron chi connectivity index (χ4n) is 4.73. The summed E-state index contributed by atoms with van der Waals surface area (Å²) in [4.78, 5) is 29.2. The highest BCUT2D eigenvalue weighted by Gasteiger charge is 2.42. The molecule has 0 fully saturated rings. The van der Waals surface area contributed by atoms with E-state index in [-0.39, 0.29) is 17.1 Å². The summed E-state index contributed by atoms with van der Waals surface area (Å²) >= 11 is 0. The van der Waals surface area contributed by atoms with Crippen LogP contribution in [0.1, 0.15) is 57.8 Å². The van der Waals surface area contributed by atoms with Crippen molar-refractivity contribution in [3.05, 3.63) is 111 Å². The highest BCUT2D eigenvalue weighted by molar-refractivity contribution is 5.99. The highest BCUT2D eigenvalue weighted by Crippen LogP contribution is 2.40. The van der Waals surface area contributed by atoms with Crippen molar-refractivity contribution in [3.8, 4) is 5.75 Å². The third-order valence-electron chi connectivity index (χ3n) is 6.26. The van der Waals surface area contributed by atoms with Gasteiger partial charge in [-0.2, -0.15) is 0 Å². The molecule has 2 heterocycles. The van der Waals surface area contributed by atoms with Gasteiger partial charge in [0.2, 0.25) is 5.76 Å². The lowest BCUT2D eigenvalue weighted by molar-refractivity contribution is 0.0714. The van der Waals surface area contributed by atoms with Gasteiger partial charge in [-0.1, -0.05) is 55.5 Å². The van der Waals surface area contributed by atoms with E-state index in [0.717, 1.165) is 34.4 Å². The monoisotopic (exact) mass is 453 g/mol. The number of carbonyl (C=O) groups excluding carboxylic acids is 1. The van der Waals surface area contributed by atoms with Crippen molar-refractivity contribution < 1.29 is 13.9 Å². The summed E-state index contributed by atoms with van der Waals surface area (Å²) in [6.45, 7) is 6.93. The Labute approximate surface area is 198 Å². The maximum Gasteiger partial charge on any atom is 0.291 e. The van der Waals surface area contributed by atoms with Crippen molar-refractivity contribution in [2.24, 2.45) is 0 Å². The molecule has 1 aliphatic rings. The number of rotatable bonds is 6. The maximum atomic E-state index is 13.8. The van der Waals surface area contributed by atoms with Crippen LogP contribution in [-0.2, 0) is 6.54 Å². The third-order valence-corrected chi connectivity index (χ3v) is 6.26. The second kappa shape index (κ2) is 8.82. The second-order valence-electron chi connectivity index (χ2n) is 8.87. The van der Waals surface area contributed by atoms with Crippen LogP contribution in [0, 0.1) is 13.8 Å². The fraction of sp³-hybridized carbons (Fsp3) is 0.241. The van der Waals surface area contributed by atoms with E-state index in [4.69, 9.17) is 9.15 Å². The fourth-order valence-corrected chi connectivity index (χ4v) is 4.73. The van der Waals surface area contributed by atoms with Crippen molar-refractivity contribution in [2.75, 3.05) is 6.61 Å². The van der Waals surface area contributed by atoms with Crippen LogP contribution in [0.4, 0.5) is 0 Å². The molecule has 4 aromatic rings. The summed E-state index contributed by atoms with van der Waals surface area (Å²) in [6, 6.07) is 20.7. The van der Waals surface area contributed by atoms with E-state index in [0.29, 0.717) is 29.7 Å². The molecule has 1 atom stereocenters. The van der Waals surface area contributed by atoms with Gasteiger partial charge >= 0.3 is 0 Å². The number of nitrogens with zero attached hydrogens (tertiary/aromatic N) is 1. The number of carbonyl (C=O) groups is 1. The quantitative estimate of drug-likeness (QED) is 0.362. The SMILES string of the molecule is CCCOc1ccc(C2c3c(oc4c(C)cc(C)cc4c3=O)C(=O)N2Cc2ccccc2)cc1. The number of fused-ring (bicyclic) bond motifs is 2. The summed E-state index contributed by atoms with van der Waals surface area (Å²) in [5, 5.41) is 0.513. The Morgan fingerprint density at radius 2 is 1.71 bits per heavy atom. The van der Waals surface area contributed by atoms with Crippen LogP contribution >= 0.6 is 0 Å². The Bertz CT molecular complexity index is 1420. The van der Waals surface area contributed by atoms with Crippen LogP contribution < -0.4 is 10.2 Å². The Hall–Kier alpha value is -3.86. The Morgan fingerprint density at radius 3 is 2.41 bits per heavy atom. The number of hydrogen-bond acceptors (Lipinski definition) is 4. The molecule has 1 aromatic heterocycles. The van der Waals surface area contributed by atoms with Crippen LogP contribution in [0.2, 0.25) is 0 Å². The molecule has 5 heteroatoms. The lowest BCUT2D eigenvalue weighted by atomic mass is 9.97. The molecule has 5 rings (SSSR count). The molecular formula is C29H27NO4. The molecule has 0 N–H and O–H groups in total. The number of benzene rings is 3. The zero-order valence-corrected chi connectivity index (χ0v) is 19.6. The van der Waals surface area contributed by atoms with Crippen LogP contribution in [0.3, 0.4) is 0 Å². The second-order valence-corrected chi connectivity index (χ2v) is 8.87. The van der Waals surface area contributed by atoms with Crippen molar-refractivity contribution in [1.29, 1.82) is 0 Å². The minimum absolute atomic E-state index is 0.136. The van der Waals surface area contributed by atoms with E-state index in [1.807, 2.05) is 80.6 Å². The predicted molar refractivity (Wildman–Crippen MR) is 132 cm³/mol. The van der Waals surface area contributed by atoms with Gasteiger partial charge in [0.1, 0.15) is 11.3 Å². The number of aryl methyl sites for hydroxylation is 2. The number of amides is 1. The average Bonchev–Trinajstić information content (AvgIpc) is 3.11. The maximum absolute atomic E-state index is 13.8. The topological polar surface area (TPSA) is 59.8 Å². The smallest absolute Gasteiger partial charge is 0.291 e. The summed E-state index contributed by atoms with van der Waals surface area (Å²) in [5.74, 6) is 0.632. The van der Waals surface area contributed by atoms with Gasteiger partial charge in [0.05, 0.1) is 23.6 Å². The van der Waals surface area contributed by atoms with Gasteiger partial charge in [-0.05, 0) is 60.7 Å². The molecule has 0 saturated heterocycles. The first kappa shape index (κ1) is 22.0. The molecule has 0 spiro atoms. The molecular weight excluding hydrogens is 426 g/mol. The minimum Gasteiger partial charge on any atom is -0.494 e. The first-order valence-corrected chi connectivity index (χ1v) is 11.6. The highest BCUT2D eigenvalue weighted by atomic mass is 16.5. The van der Waals surface area contributed by atoms with Gasteiger partial charge in [0.15, 0.2) is 5.43 Å². The molecule has 1 aliphatic heterocycles. The lowest BCUT2D eigenvalue weighted by Crippen LogP contribution is -2.29. The molecule has 0 saturated carbocycles. The zero-order chi connectivity index (χ0) is 23.8. The first-order valence-electron chi connectivity index (χ1n) is 11.6. The number of hydrogen-bond donors (Lipinski definition) is 0. The van der Waals surface area contributed by atoms with Gasteiger partial charge < -0.3 is 14.1 Å². The summed E-state index contributed by atoms with van der Waals surface area (Å²) in [7, 11) is 0. The van der Waals surface area contributed by atoms with Crippen LogP contribution in [0.15, 0.2) is 75.9 Å². The van der Waals surface area contributed by atoms with Crippen molar-refractivity contribution in [3.63, 3.8) is 0 Å². The van der Waals surface area contributed by atoms with Crippen molar-refractivity contribution >= 4 is 16.9 Å². The normalized spacial score (nSPS) is 15.1. The van der Waals surface area contributed by atoms with Crippen LogP contribution in [0.5, 0.6) is 5.75 Å². The van der Waals surface area contributed by atoms with E-state index >= 15 is 0 Å². The largest absolute Gasteiger partial charge is 0.494 e. The molecule has 1 amide bonds. The molecule has 1 unspecified atom stereocenters.